The molecule has 14 heavy (non-hydrogen) atoms. The Morgan fingerprint density at radius 1 is 1.57 bits per heavy atom. The minimum absolute atomic E-state index is 0.151. The summed E-state index contributed by atoms with van der Waals surface area (Å²) in [6.07, 6.45) is 3.77. The largest absolute Gasteiger partial charge is 0.389 e. The fraction of sp³-hybridized carbons (Fsp3) is 0.900. The standard InChI is InChI=1S/C10H20N2O2/c1-8-2-4-10(14,5-3-8)7-12-6-9(11)13/h8,12,14H,2-7H2,1H3,(H2,11,13). The predicted molar refractivity (Wildman–Crippen MR) is 54.6 cm³/mol. The maximum atomic E-state index is 10.5. The second kappa shape index (κ2) is 4.75. The van der Waals surface area contributed by atoms with E-state index in [1.165, 1.54) is 0 Å². The van der Waals surface area contributed by atoms with Gasteiger partial charge < -0.3 is 16.2 Å². The van der Waals surface area contributed by atoms with Gasteiger partial charge in [0.15, 0.2) is 0 Å². The molecule has 0 saturated heterocycles. The second-order valence-electron chi connectivity index (χ2n) is 4.48. The Balaban J connectivity index is 2.25. The third-order valence-electron chi connectivity index (χ3n) is 2.96. The summed E-state index contributed by atoms with van der Waals surface area (Å²) in [5.74, 6) is 0.337. The predicted octanol–water partition coefficient (Wildman–Crippen LogP) is 0.00250. The van der Waals surface area contributed by atoms with Crippen LogP contribution in [-0.2, 0) is 4.79 Å². The number of carbonyl (C=O) groups excluding carboxylic acids is 1. The van der Waals surface area contributed by atoms with Crippen molar-refractivity contribution in [1.82, 2.24) is 5.32 Å². The molecule has 0 radical (unpaired) electrons. The lowest BCUT2D eigenvalue weighted by atomic mass is 9.79. The van der Waals surface area contributed by atoms with Crippen molar-refractivity contribution < 1.29 is 9.90 Å². The first-order valence-electron chi connectivity index (χ1n) is 5.23. The van der Waals surface area contributed by atoms with Crippen molar-refractivity contribution in [2.45, 2.75) is 38.2 Å². The molecule has 0 aliphatic heterocycles. The Hall–Kier alpha value is -0.610. The SMILES string of the molecule is CC1CCC(O)(CNCC(N)=O)CC1. The van der Waals surface area contributed by atoms with Crippen LogP contribution < -0.4 is 11.1 Å². The number of hydrogen-bond acceptors (Lipinski definition) is 3. The third-order valence-corrected chi connectivity index (χ3v) is 2.96. The third kappa shape index (κ3) is 3.64. The molecule has 0 atom stereocenters. The van der Waals surface area contributed by atoms with Gasteiger partial charge in [0.1, 0.15) is 0 Å². The highest BCUT2D eigenvalue weighted by atomic mass is 16.3. The van der Waals surface area contributed by atoms with Crippen LogP contribution in [0.4, 0.5) is 0 Å². The van der Waals surface area contributed by atoms with Crippen LogP contribution >= 0.6 is 0 Å². The van der Waals surface area contributed by atoms with Gasteiger partial charge in [-0.15, -0.1) is 0 Å². The highest BCUT2D eigenvalue weighted by molar-refractivity contribution is 5.75. The molecule has 4 N–H and O–H groups in total. The summed E-state index contributed by atoms with van der Waals surface area (Å²) in [4.78, 5) is 10.5. The molecule has 4 heteroatoms. The molecular formula is C10H20N2O2. The summed E-state index contributed by atoms with van der Waals surface area (Å²) in [5.41, 5.74) is 4.37. The first kappa shape index (κ1) is 11.5. The Morgan fingerprint density at radius 2 is 2.14 bits per heavy atom. The lowest BCUT2D eigenvalue weighted by molar-refractivity contribution is -0.117. The molecule has 0 aromatic rings. The molecule has 0 unspecified atom stereocenters. The molecule has 0 aromatic heterocycles. The van der Waals surface area contributed by atoms with E-state index in [0.29, 0.717) is 12.5 Å². The zero-order valence-corrected chi connectivity index (χ0v) is 8.75. The molecule has 82 valence electrons. The van der Waals surface area contributed by atoms with Gasteiger partial charge in [-0.2, -0.15) is 0 Å². The van der Waals surface area contributed by atoms with Gasteiger partial charge in [0.2, 0.25) is 5.91 Å². The van der Waals surface area contributed by atoms with Crippen molar-refractivity contribution in [1.29, 1.82) is 0 Å². The summed E-state index contributed by atoms with van der Waals surface area (Å²) in [7, 11) is 0. The van der Waals surface area contributed by atoms with Gasteiger partial charge in [-0.1, -0.05) is 6.92 Å². The van der Waals surface area contributed by atoms with Gasteiger partial charge in [0.25, 0.3) is 0 Å². The van der Waals surface area contributed by atoms with Gasteiger partial charge in [0, 0.05) is 6.54 Å². The monoisotopic (exact) mass is 200 g/mol. The van der Waals surface area contributed by atoms with E-state index in [2.05, 4.69) is 12.2 Å². The van der Waals surface area contributed by atoms with E-state index in [9.17, 15) is 9.90 Å². The van der Waals surface area contributed by atoms with E-state index in [1.807, 2.05) is 0 Å². The normalized spacial score (nSPS) is 32.9. The zero-order chi connectivity index (χ0) is 10.6. The molecule has 0 bridgehead atoms. The average molecular weight is 200 g/mol. The summed E-state index contributed by atoms with van der Waals surface area (Å²) in [6, 6.07) is 0. The summed E-state index contributed by atoms with van der Waals surface area (Å²) in [5, 5.41) is 13.0. The zero-order valence-electron chi connectivity index (χ0n) is 8.75. The summed E-state index contributed by atoms with van der Waals surface area (Å²) < 4.78 is 0. The first-order chi connectivity index (χ1) is 6.52. The molecule has 0 spiro atoms. The molecule has 1 saturated carbocycles. The number of primary amides is 1. The van der Waals surface area contributed by atoms with Crippen molar-refractivity contribution in [3.8, 4) is 0 Å². The number of rotatable bonds is 4. The fourth-order valence-corrected chi connectivity index (χ4v) is 1.89. The molecule has 4 nitrogen and oxygen atoms in total. The molecule has 0 heterocycles. The van der Waals surface area contributed by atoms with Crippen LogP contribution in [-0.4, -0.2) is 29.7 Å². The summed E-state index contributed by atoms with van der Waals surface area (Å²) >= 11 is 0. The Kier molecular flexibility index (Phi) is 3.89. The maximum absolute atomic E-state index is 10.5. The van der Waals surface area contributed by atoms with Gasteiger partial charge in [-0.25, -0.2) is 0 Å². The highest BCUT2D eigenvalue weighted by Gasteiger charge is 2.31. The molecular weight excluding hydrogens is 180 g/mol. The van der Waals surface area contributed by atoms with E-state index in [0.717, 1.165) is 25.7 Å². The maximum Gasteiger partial charge on any atom is 0.231 e. The topological polar surface area (TPSA) is 75.3 Å². The van der Waals surface area contributed by atoms with E-state index < -0.39 is 5.60 Å². The Bertz CT molecular complexity index is 198. The lowest BCUT2D eigenvalue weighted by Gasteiger charge is -2.34. The quantitative estimate of drug-likeness (QED) is 0.598. The smallest absolute Gasteiger partial charge is 0.231 e. The Labute approximate surface area is 84.9 Å². The summed E-state index contributed by atoms with van der Waals surface area (Å²) in [6.45, 7) is 2.83. The number of aliphatic hydroxyl groups is 1. The molecule has 1 fully saturated rings. The Morgan fingerprint density at radius 3 is 2.64 bits per heavy atom. The minimum atomic E-state index is -0.623. The second-order valence-corrected chi connectivity index (χ2v) is 4.48. The lowest BCUT2D eigenvalue weighted by Crippen LogP contribution is -2.45. The van der Waals surface area contributed by atoms with Crippen LogP contribution in [0.15, 0.2) is 0 Å². The van der Waals surface area contributed by atoms with Gasteiger partial charge in [0.05, 0.1) is 12.1 Å². The number of amides is 1. The van der Waals surface area contributed by atoms with Crippen LogP contribution in [0.25, 0.3) is 0 Å². The number of carbonyl (C=O) groups is 1. The molecule has 0 aromatic carbocycles. The van der Waals surface area contributed by atoms with Crippen molar-refractivity contribution in [2.75, 3.05) is 13.1 Å². The van der Waals surface area contributed by atoms with Crippen molar-refractivity contribution >= 4 is 5.91 Å². The van der Waals surface area contributed by atoms with Gasteiger partial charge in [-0.05, 0) is 31.6 Å². The minimum Gasteiger partial charge on any atom is -0.389 e. The van der Waals surface area contributed by atoms with Crippen LogP contribution in [0.5, 0.6) is 0 Å². The van der Waals surface area contributed by atoms with E-state index in [-0.39, 0.29) is 12.5 Å². The average Bonchev–Trinajstić information content (AvgIpc) is 2.10. The van der Waals surface area contributed by atoms with E-state index >= 15 is 0 Å². The van der Waals surface area contributed by atoms with E-state index in [1.54, 1.807) is 0 Å². The fourth-order valence-electron chi connectivity index (χ4n) is 1.89. The number of hydrogen-bond donors (Lipinski definition) is 3. The van der Waals surface area contributed by atoms with Crippen LogP contribution in [0.2, 0.25) is 0 Å². The van der Waals surface area contributed by atoms with Crippen LogP contribution in [0.1, 0.15) is 32.6 Å². The van der Waals surface area contributed by atoms with Crippen molar-refractivity contribution in [2.24, 2.45) is 11.7 Å². The number of nitrogens with two attached hydrogens (primary N) is 1. The first-order valence-corrected chi connectivity index (χ1v) is 5.23. The highest BCUT2D eigenvalue weighted by Crippen LogP contribution is 2.31. The van der Waals surface area contributed by atoms with E-state index in [4.69, 9.17) is 5.73 Å². The molecule has 1 aliphatic rings. The van der Waals surface area contributed by atoms with Crippen molar-refractivity contribution in [3.05, 3.63) is 0 Å². The molecule has 1 amide bonds. The van der Waals surface area contributed by atoms with Gasteiger partial charge in [-0.3, -0.25) is 4.79 Å². The molecule has 1 aliphatic carbocycles. The number of nitrogens with one attached hydrogen (secondary N) is 1. The van der Waals surface area contributed by atoms with Crippen LogP contribution in [0, 0.1) is 5.92 Å². The van der Waals surface area contributed by atoms with Crippen LogP contribution in [0.3, 0.4) is 0 Å². The van der Waals surface area contributed by atoms with Crippen molar-refractivity contribution in [3.63, 3.8) is 0 Å². The van der Waals surface area contributed by atoms with Gasteiger partial charge >= 0.3 is 0 Å². The molecule has 1 rings (SSSR count).